The maximum absolute atomic E-state index is 12.6. The standard InChI is InChI=1S/C17H17F3N2O2/c1-10-6-13(11(2)24-10)16(23)21-15-5-3-4-12-7-22(8-14(12)15)9-17(18,19)20/h3-6H,7-9H2,1-2H3,(H,21,23). The number of nitrogens with zero attached hydrogens (tertiary/aromatic N) is 1. The molecule has 1 N–H and O–H groups in total. The van der Waals surface area contributed by atoms with Crippen LogP contribution in [0.15, 0.2) is 28.7 Å². The van der Waals surface area contributed by atoms with Gasteiger partial charge in [-0.1, -0.05) is 12.1 Å². The summed E-state index contributed by atoms with van der Waals surface area (Å²) >= 11 is 0. The Morgan fingerprint density at radius 1 is 1.29 bits per heavy atom. The van der Waals surface area contributed by atoms with E-state index < -0.39 is 12.7 Å². The van der Waals surface area contributed by atoms with Gasteiger partial charge in [-0.15, -0.1) is 0 Å². The van der Waals surface area contributed by atoms with Crippen molar-refractivity contribution in [2.45, 2.75) is 33.1 Å². The summed E-state index contributed by atoms with van der Waals surface area (Å²) in [6.45, 7) is 2.87. The highest BCUT2D eigenvalue weighted by molar-refractivity contribution is 6.05. The Morgan fingerprint density at radius 3 is 2.67 bits per heavy atom. The SMILES string of the molecule is Cc1cc(C(=O)Nc2cccc3c2CN(CC(F)(F)F)C3)c(C)o1. The first-order valence-electron chi connectivity index (χ1n) is 7.51. The van der Waals surface area contributed by atoms with Crippen LogP contribution in [-0.2, 0) is 13.1 Å². The number of fused-ring (bicyclic) bond motifs is 1. The normalized spacial score (nSPS) is 14.7. The molecule has 7 heteroatoms. The number of rotatable bonds is 3. The number of amides is 1. The summed E-state index contributed by atoms with van der Waals surface area (Å²) < 4.78 is 43.1. The highest BCUT2D eigenvalue weighted by Gasteiger charge is 2.34. The molecule has 1 aliphatic rings. The monoisotopic (exact) mass is 338 g/mol. The van der Waals surface area contributed by atoms with Crippen molar-refractivity contribution in [3.8, 4) is 0 Å². The van der Waals surface area contributed by atoms with Gasteiger partial charge in [0.2, 0.25) is 0 Å². The largest absolute Gasteiger partial charge is 0.466 e. The van der Waals surface area contributed by atoms with E-state index in [0.717, 1.165) is 11.1 Å². The zero-order valence-corrected chi connectivity index (χ0v) is 13.3. The lowest BCUT2D eigenvalue weighted by Gasteiger charge is -2.17. The topological polar surface area (TPSA) is 45.5 Å². The van der Waals surface area contributed by atoms with Gasteiger partial charge in [-0.05, 0) is 37.1 Å². The highest BCUT2D eigenvalue weighted by atomic mass is 19.4. The third-order valence-electron chi connectivity index (χ3n) is 3.99. The third-order valence-corrected chi connectivity index (χ3v) is 3.99. The van der Waals surface area contributed by atoms with E-state index in [1.54, 1.807) is 38.1 Å². The average molecular weight is 338 g/mol. The fraction of sp³-hybridized carbons (Fsp3) is 0.353. The van der Waals surface area contributed by atoms with Gasteiger partial charge in [0.15, 0.2) is 0 Å². The number of carbonyl (C=O) groups excluding carboxylic acids is 1. The van der Waals surface area contributed by atoms with E-state index in [9.17, 15) is 18.0 Å². The number of halogens is 3. The van der Waals surface area contributed by atoms with Gasteiger partial charge in [-0.25, -0.2) is 0 Å². The smallest absolute Gasteiger partial charge is 0.401 e. The van der Waals surface area contributed by atoms with Gasteiger partial charge in [0, 0.05) is 18.8 Å². The van der Waals surface area contributed by atoms with Crippen LogP contribution in [0.2, 0.25) is 0 Å². The van der Waals surface area contributed by atoms with E-state index in [0.29, 0.717) is 22.8 Å². The molecule has 0 saturated carbocycles. The molecule has 2 aromatic rings. The van der Waals surface area contributed by atoms with E-state index in [1.807, 2.05) is 0 Å². The Bertz CT molecular complexity index is 781. The number of anilines is 1. The maximum atomic E-state index is 12.6. The van der Waals surface area contributed by atoms with E-state index in [4.69, 9.17) is 4.42 Å². The second-order valence-electron chi connectivity index (χ2n) is 5.98. The van der Waals surface area contributed by atoms with Gasteiger partial charge in [-0.2, -0.15) is 13.2 Å². The summed E-state index contributed by atoms with van der Waals surface area (Å²) in [5.41, 5.74) is 2.50. The van der Waals surface area contributed by atoms with Gasteiger partial charge >= 0.3 is 6.18 Å². The summed E-state index contributed by atoms with van der Waals surface area (Å²) in [7, 11) is 0. The van der Waals surface area contributed by atoms with Gasteiger partial charge in [0.05, 0.1) is 12.1 Å². The molecule has 1 amide bonds. The number of furan rings is 1. The summed E-state index contributed by atoms with van der Waals surface area (Å²) in [5.74, 6) is 0.815. The summed E-state index contributed by atoms with van der Waals surface area (Å²) in [6, 6.07) is 6.87. The Kier molecular flexibility index (Phi) is 4.13. The van der Waals surface area contributed by atoms with Crippen molar-refractivity contribution in [1.29, 1.82) is 0 Å². The van der Waals surface area contributed by atoms with Crippen LogP contribution in [-0.4, -0.2) is 23.5 Å². The predicted molar refractivity (Wildman–Crippen MR) is 82.7 cm³/mol. The number of hydrogen-bond acceptors (Lipinski definition) is 3. The zero-order valence-electron chi connectivity index (χ0n) is 13.3. The second kappa shape index (κ2) is 5.98. The molecular formula is C17H17F3N2O2. The molecule has 3 rings (SSSR count). The summed E-state index contributed by atoms with van der Waals surface area (Å²) in [5, 5.41) is 2.79. The number of nitrogens with one attached hydrogen (secondary N) is 1. The van der Waals surface area contributed by atoms with E-state index in [2.05, 4.69) is 5.32 Å². The Balaban J connectivity index is 1.79. The van der Waals surface area contributed by atoms with E-state index in [-0.39, 0.29) is 19.0 Å². The number of carbonyl (C=O) groups is 1. The third kappa shape index (κ3) is 3.46. The first-order chi connectivity index (χ1) is 11.2. The minimum absolute atomic E-state index is 0.161. The maximum Gasteiger partial charge on any atom is 0.401 e. The van der Waals surface area contributed by atoms with Crippen LogP contribution in [0.5, 0.6) is 0 Å². The molecule has 24 heavy (non-hydrogen) atoms. The van der Waals surface area contributed by atoms with Crippen LogP contribution in [0.4, 0.5) is 18.9 Å². The van der Waals surface area contributed by atoms with Crippen molar-refractivity contribution >= 4 is 11.6 Å². The van der Waals surface area contributed by atoms with Crippen molar-refractivity contribution < 1.29 is 22.4 Å². The van der Waals surface area contributed by atoms with Gasteiger partial charge in [0.1, 0.15) is 11.5 Å². The molecule has 1 aromatic carbocycles. The number of alkyl halides is 3. The van der Waals surface area contributed by atoms with Gasteiger partial charge in [0.25, 0.3) is 5.91 Å². The first kappa shape index (κ1) is 16.6. The van der Waals surface area contributed by atoms with Crippen molar-refractivity contribution in [3.63, 3.8) is 0 Å². The molecule has 128 valence electrons. The minimum atomic E-state index is -4.24. The zero-order chi connectivity index (χ0) is 17.5. The molecule has 0 spiro atoms. The van der Waals surface area contributed by atoms with Crippen LogP contribution < -0.4 is 5.32 Å². The summed E-state index contributed by atoms with van der Waals surface area (Å²) in [6.07, 6.45) is -4.24. The molecule has 0 aliphatic carbocycles. The van der Waals surface area contributed by atoms with Crippen LogP contribution >= 0.6 is 0 Å². The van der Waals surface area contributed by atoms with E-state index in [1.165, 1.54) is 4.90 Å². The number of benzene rings is 1. The lowest BCUT2D eigenvalue weighted by Crippen LogP contribution is -2.30. The fourth-order valence-corrected chi connectivity index (χ4v) is 3.02. The van der Waals surface area contributed by atoms with Gasteiger partial charge in [-0.3, -0.25) is 9.69 Å². The highest BCUT2D eigenvalue weighted by Crippen LogP contribution is 2.32. The van der Waals surface area contributed by atoms with Gasteiger partial charge < -0.3 is 9.73 Å². The van der Waals surface area contributed by atoms with Crippen molar-refractivity contribution in [1.82, 2.24) is 4.90 Å². The van der Waals surface area contributed by atoms with Crippen molar-refractivity contribution in [2.75, 3.05) is 11.9 Å². The second-order valence-corrected chi connectivity index (χ2v) is 5.98. The Morgan fingerprint density at radius 2 is 2.04 bits per heavy atom. The predicted octanol–water partition coefficient (Wildman–Crippen LogP) is 4.03. The van der Waals surface area contributed by atoms with Crippen molar-refractivity contribution in [3.05, 3.63) is 52.5 Å². The number of aryl methyl sites for hydroxylation is 2. The molecule has 0 fully saturated rings. The molecule has 1 aromatic heterocycles. The average Bonchev–Trinajstić information content (AvgIpc) is 3.00. The molecule has 4 nitrogen and oxygen atoms in total. The van der Waals surface area contributed by atoms with Crippen LogP contribution in [0.25, 0.3) is 0 Å². The van der Waals surface area contributed by atoms with E-state index >= 15 is 0 Å². The number of hydrogen-bond donors (Lipinski definition) is 1. The molecule has 0 atom stereocenters. The molecular weight excluding hydrogens is 321 g/mol. The Labute approximate surface area is 137 Å². The lowest BCUT2D eigenvalue weighted by molar-refractivity contribution is -0.146. The van der Waals surface area contributed by atoms with Crippen molar-refractivity contribution in [2.24, 2.45) is 0 Å². The van der Waals surface area contributed by atoms with Crippen LogP contribution in [0, 0.1) is 13.8 Å². The molecule has 0 saturated heterocycles. The lowest BCUT2D eigenvalue weighted by atomic mass is 10.1. The fourth-order valence-electron chi connectivity index (χ4n) is 3.02. The summed E-state index contributed by atoms with van der Waals surface area (Å²) in [4.78, 5) is 13.7. The van der Waals surface area contributed by atoms with Crippen LogP contribution in [0.1, 0.15) is 33.0 Å². The molecule has 0 bridgehead atoms. The molecule has 0 radical (unpaired) electrons. The molecule has 2 heterocycles. The molecule has 1 aliphatic heterocycles. The Hall–Kier alpha value is -2.28. The molecule has 0 unspecified atom stereocenters. The quantitative estimate of drug-likeness (QED) is 0.919. The minimum Gasteiger partial charge on any atom is -0.466 e. The first-order valence-corrected chi connectivity index (χ1v) is 7.51. The van der Waals surface area contributed by atoms with Crippen LogP contribution in [0.3, 0.4) is 0 Å².